The standard InChI is InChI=1S/C13H11Cl2N3S/c14-11-6-7-12-16-13(18(15)17(12)8-11)19-9-10-4-2-1-3-5-10/h1-8,13H,9H2. The number of fused-ring (bicyclic) bond motifs is 1. The molecule has 1 aromatic rings. The molecule has 0 aliphatic carbocycles. The minimum Gasteiger partial charge on any atom is -0.246 e. The first-order chi connectivity index (χ1) is 9.24. The van der Waals surface area contributed by atoms with Crippen LogP contribution in [0.25, 0.3) is 0 Å². The van der Waals surface area contributed by atoms with Gasteiger partial charge in [-0.2, -0.15) is 0 Å². The topological polar surface area (TPSA) is 18.8 Å². The van der Waals surface area contributed by atoms with Gasteiger partial charge in [0.1, 0.15) is 5.84 Å². The van der Waals surface area contributed by atoms with Crippen LogP contribution in [0.15, 0.2) is 58.7 Å². The minimum atomic E-state index is -0.139. The molecule has 6 heteroatoms. The van der Waals surface area contributed by atoms with Gasteiger partial charge in [-0.1, -0.05) is 46.5 Å². The van der Waals surface area contributed by atoms with Crippen LogP contribution >= 0.6 is 35.1 Å². The van der Waals surface area contributed by atoms with E-state index in [0.717, 1.165) is 11.6 Å². The monoisotopic (exact) mass is 311 g/mol. The second-order valence-corrected chi connectivity index (χ2v) is 5.92. The van der Waals surface area contributed by atoms with Crippen LogP contribution in [-0.2, 0) is 5.75 Å². The molecular formula is C13H11Cl2N3S. The number of halogens is 2. The summed E-state index contributed by atoms with van der Waals surface area (Å²) in [5.41, 5.74) is 1.12. The molecule has 1 aromatic carbocycles. The molecule has 3 rings (SSSR count). The van der Waals surface area contributed by atoms with Crippen molar-refractivity contribution in [1.29, 1.82) is 0 Å². The van der Waals surface area contributed by atoms with E-state index in [0.29, 0.717) is 5.03 Å². The molecule has 0 radical (unpaired) electrons. The summed E-state index contributed by atoms with van der Waals surface area (Å²) in [5.74, 6) is 1.67. The maximum absolute atomic E-state index is 6.27. The third-order valence-corrected chi connectivity index (χ3v) is 4.53. The summed E-state index contributed by atoms with van der Waals surface area (Å²) in [6.45, 7) is 0. The normalized spacial score (nSPS) is 22.2. The molecule has 2 aliphatic rings. The lowest BCUT2D eigenvalue weighted by molar-refractivity contribution is 0.238. The van der Waals surface area contributed by atoms with Crippen LogP contribution in [0, 0.1) is 0 Å². The molecule has 98 valence electrons. The van der Waals surface area contributed by atoms with Crippen LogP contribution in [0.4, 0.5) is 0 Å². The first-order valence-electron chi connectivity index (χ1n) is 5.77. The largest absolute Gasteiger partial charge is 0.246 e. The van der Waals surface area contributed by atoms with Gasteiger partial charge < -0.3 is 0 Å². The highest BCUT2D eigenvalue weighted by Crippen LogP contribution is 2.32. The molecular weight excluding hydrogens is 301 g/mol. The molecule has 0 amide bonds. The Morgan fingerprint density at radius 1 is 1.21 bits per heavy atom. The number of rotatable bonds is 3. The molecule has 1 atom stereocenters. The van der Waals surface area contributed by atoms with Gasteiger partial charge in [0.2, 0.25) is 0 Å². The highest BCUT2D eigenvalue weighted by Gasteiger charge is 2.32. The van der Waals surface area contributed by atoms with Crippen LogP contribution in [0.1, 0.15) is 5.56 Å². The molecule has 0 saturated carbocycles. The Morgan fingerprint density at radius 2 is 2.00 bits per heavy atom. The first kappa shape index (κ1) is 13.1. The lowest BCUT2D eigenvalue weighted by Crippen LogP contribution is -2.33. The van der Waals surface area contributed by atoms with Crippen LogP contribution < -0.4 is 0 Å². The lowest BCUT2D eigenvalue weighted by Gasteiger charge is -2.24. The second-order valence-electron chi connectivity index (χ2n) is 4.09. The number of thioether (sulfide) groups is 1. The van der Waals surface area contributed by atoms with E-state index in [-0.39, 0.29) is 5.50 Å². The van der Waals surface area contributed by atoms with Gasteiger partial charge in [0.25, 0.3) is 0 Å². The van der Waals surface area contributed by atoms with Crippen LogP contribution in [0.2, 0.25) is 0 Å². The molecule has 3 nitrogen and oxygen atoms in total. The Labute approximate surface area is 126 Å². The van der Waals surface area contributed by atoms with Crippen LogP contribution in [-0.4, -0.2) is 20.9 Å². The first-order valence-corrected chi connectivity index (χ1v) is 7.53. The predicted molar refractivity (Wildman–Crippen MR) is 81.6 cm³/mol. The van der Waals surface area contributed by atoms with Crippen molar-refractivity contribution < 1.29 is 0 Å². The van der Waals surface area contributed by atoms with Gasteiger partial charge in [-0.3, -0.25) is 0 Å². The molecule has 0 bridgehead atoms. The van der Waals surface area contributed by atoms with Gasteiger partial charge >= 0.3 is 0 Å². The average molecular weight is 312 g/mol. The fourth-order valence-corrected chi connectivity index (χ4v) is 3.25. The van der Waals surface area contributed by atoms with Crippen molar-refractivity contribution in [3.05, 3.63) is 59.3 Å². The quantitative estimate of drug-likeness (QED) is 0.788. The Bertz CT molecular complexity index is 556. The molecule has 0 fully saturated rings. The Hall–Kier alpha value is -0.940. The number of allylic oxidation sites excluding steroid dienone is 2. The number of hydrogen-bond acceptors (Lipinski definition) is 4. The van der Waals surface area contributed by atoms with E-state index < -0.39 is 0 Å². The summed E-state index contributed by atoms with van der Waals surface area (Å²) in [6.07, 6.45) is 5.43. The maximum atomic E-state index is 6.27. The third-order valence-electron chi connectivity index (χ3n) is 2.74. The summed E-state index contributed by atoms with van der Waals surface area (Å²) >= 11 is 13.9. The van der Waals surface area contributed by atoms with Crippen molar-refractivity contribution in [3.8, 4) is 0 Å². The lowest BCUT2D eigenvalue weighted by atomic mass is 10.2. The zero-order valence-corrected chi connectivity index (χ0v) is 12.2. The molecule has 2 aliphatic heterocycles. The van der Waals surface area contributed by atoms with Gasteiger partial charge in [0, 0.05) is 23.7 Å². The van der Waals surface area contributed by atoms with Gasteiger partial charge in [-0.05, 0) is 17.7 Å². The smallest absolute Gasteiger partial charge is 0.184 e. The second kappa shape index (κ2) is 5.59. The van der Waals surface area contributed by atoms with Gasteiger partial charge in [-0.25, -0.2) is 10.0 Å². The van der Waals surface area contributed by atoms with E-state index in [1.54, 1.807) is 27.5 Å². The predicted octanol–water partition coefficient (Wildman–Crippen LogP) is 3.94. The van der Waals surface area contributed by atoms with Crippen LogP contribution in [0.3, 0.4) is 0 Å². The summed E-state index contributed by atoms with van der Waals surface area (Å²) in [4.78, 5) is 4.55. The Morgan fingerprint density at radius 3 is 2.79 bits per heavy atom. The molecule has 19 heavy (non-hydrogen) atoms. The van der Waals surface area contributed by atoms with E-state index in [2.05, 4.69) is 17.1 Å². The third kappa shape index (κ3) is 2.82. The van der Waals surface area contributed by atoms with Crippen molar-refractivity contribution in [1.82, 2.24) is 9.54 Å². The zero-order chi connectivity index (χ0) is 13.2. The Kier molecular flexibility index (Phi) is 3.84. The van der Waals surface area contributed by atoms with Gasteiger partial charge in [0.05, 0.1) is 5.03 Å². The fraction of sp³-hybridized carbons (Fsp3) is 0.154. The number of hydrazine groups is 1. The number of nitrogens with zero attached hydrogens (tertiary/aromatic N) is 3. The van der Waals surface area contributed by atoms with Crippen molar-refractivity contribution in [3.63, 3.8) is 0 Å². The van der Waals surface area contributed by atoms with Crippen molar-refractivity contribution in [2.24, 2.45) is 4.99 Å². The average Bonchev–Trinajstić information content (AvgIpc) is 2.74. The van der Waals surface area contributed by atoms with E-state index in [1.165, 1.54) is 5.56 Å². The van der Waals surface area contributed by atoms with Crippen LogP contribution in [0.5, 0.6) is 0 Å². The highest BCUT2D eigenvalue weighted by atomic mass is 35.5. The molecule has 1 unspecified atom stereocenters. The molecule has 2 heterocycles. The van der Waals surface area contributed by atoms with Crippen molar-refractivity contribution in [2.75, 3.05) is 0 Å². The number of hydrogen-bond donors (Lipinski definition) is 0. The van der Waals surface area contributed by atoms with E-state index in [9.17, 15) is 0 Å². The van der Waals surface area contributed by atoms with Crippen molar-refractivity contribution in [2.45, 2.75) is 11.3 Å². The number of aliphatic imine (C=N–C) groups is 1. The molecule has 0 N–H and O–H groups in total. The van der Waals surface area contributed by atoms with Crippen molar-refractivity contribution >= 4 is 41.0 Å². The SMILES string of the molecule is ClC1=CN2C(=NC(SCc3ccccc3)N2Cl)C=C1. The zero-order valence-electron chi connectivity index (χ0n) is 9.91. The van der Waals surface area contributed by atoms with E-state index in [4.69, 9.17) is 23.4 Å². The number of benzene rings is 1. The number of amidine groups is 1. The van der Waals surface area contributed by atoms with Gasteiger partial charge in [0.15, 0.2) is 5.50 Å². The summed E-state index contributed by atoms with van der Waals surface area (Å²) in [6, 6.07) is 10.3. The fourth-order valence-electron chi connectivity index (χ4n) is 1.82. The molecule has 0 aromatic heterocycles. The van der Waals surface area contributed by atoms with E-state index in [1.807, 2.05) is 30.4 Å². The molecule has 0 saturated heterocycles. The molecule has 0 spiro atoms. The summed E-state index contributed by atoms with van der Waals surface area (Å²) < 4.78 is 1.56. The summed E-state index contributed by atoms with van der Waals surface area (Å²) in [7, 11) is 0. The van der Waals surface area contributed by atoms with Gasteiger partial charge in [-0.15, -0.1) is 11.8 Å². The Balaban J connectivity index is 1.68. The minimum absolute atomic E-state index is 0.139. The maximum Gasteiger partial charge on any atom is 0.184 e. The highest BCUT2D eigenvalue weighted by molar-refractivity contribution is 7.99. The van der Waals surface area contributed by atoms with E-state index >= 15 is 0 Å². The summed E-state index contributed by atoms with van der Waals surface area (Å²) in [5, 5.41) is 2.39.